The highest BCUT2D eigenvalue weighted by atomic mass is 79.9. The third-order valence-electron chi connectivity index (χ3n) is 4.89. The van der Waals surface area contributed by atoms with Crippen LogP contribution in [-0.2, 0) is 9.53 Å². The van der Waals surface area contributed by atoms with Crippen molar-refractivity contribution in [2.45, 2.75) is 25.9 Å². The standard InChI is InChI=1S/C21H26BrNO4/c1-2-26-21(25)15-7-9-23(10-8-15)13-19(24)14-27-20-6-4-16-11-18(22)5-3-17(16)12-20/h3-6,11-12,15,19,24H,2,7-10,13-14H2,1H3/t19-/m0/s1. The Morgan fingerprint density at radius 2 is 1.93 bits per heavy atom. The normalized spacial score (nSPS) is 17.0. The van der Waals surface area contributed by atoms with Crippen LogP contribution in [0.2, 0.25) is 0 Å². The van der Waals surface area contributed by atoms with Gasteiger partial charge in [0.2, 0.25) is 0 Å². The van der Waals surface area contributed by atoms with Crippen LogP contribution in [0.5, 0.6) is 5.75 Å². The molecule has 1 fully saturated rings. The van der Waals surface area contributed by atoms with E-state index in [9.17, 15) is 9.90 Å². The Bertz CT molecular complexity index is 774. The predicted octanol–water partition coefficient (Wildman–Crippen LogP) is 3.62. The van der Waals surface area contributed by atoms with E-state index in [0.29, 0.717) is 13.2 Å². The molecule has 1 saturated heterocycles. The minimum atomic E-state index is -0.565. The molecule has 3 rings (SSSR count). The fourth-order valence-corrected chi connectivity index (χ4v) is 3.82. The summed E-state index contributed by atoms with van der Waals surface area (Å²) < 4.78 is 11.9. The van der Waals surface area contributed by atoms with Crippen LogP contribution >= 0.6 is 15.9 Å². The van der Waals surface area contributed by atoms with Gasteiger partial charge in [0.15, 0.2) is 0 Å². The Hall–Kier alpha value is -1.63. The summed E-state index contributed by atoms with van der Waals surface area (Å²) in [7, 11) is 0. The molecule has 146 valence electrons. The molecule has 5 nitrogen and oxygen atoms in total. The summed E-state index contributed by atoms with van der Waals surface area (Å²) in [4.78, 5) is 14.0. The minimum Gasteiger partial charge on any atom is -0.491 e. The zero-order valence-corrected chi connectivity index (χ0v) is 17.2. The zero-order chi connectivity index (χ0) is 19.2. The van der Waals surface area contributed by atoms with E-state index in [1.54, 1.807) is 0 Å². The van der Waals surface area contributed by atoms with E-state index in [2.05, 4.69) is 26.9 Å². The molecule has 1 aliphatic heterocycles. The molecule has 2 aromatic carbocycles. The smallest absolute Gasteiger partial charge is 0.309 e. The first-order valence-corrected chi connectivity index (χ1v) is 10.2. The van der Waals surface area contributed by atoms with Gasteiger partial charge in [-0.1, -0.05) is 28.1 Å². The van der Waals surface area contributed by atoms with Crippen molar-refractivity contribution in [3.8, 4) is 5.75 Å². The van der Waals surface area contributed by atoms with E-state index >= 15 is 0 Å². The topological polar surface area (TPSA) is 59.0 Å². The van der Waals surface area contributed by atoms with Crippen LogP contribution in [0.15, 0.2) is 40.9 Å². The zero-order valence-electron chi connectivity index (χ0n) is 15.6. The summed E-state index contributed by atoms with van der Waals surface area (Å²) in [6, 6.07) is 12.0. The molecule has 1 atom stereocenters. The van der Waals surface area contributed by atoms with Crippen LogP contribution in [0.1, 0.15) is 19.8 Å². The van der Waals surface area contributed by atoms with Crippen LogP contribution in [-0.4, -0.2) is 54.9 Å². The SMILES string of the molecule is CCOC(=O)C1CCN(C[C@H](O)COc2ccc3cc(Br)ccc3c2)CC1. The number of carbonyl (C=O) groups excluding carboxylic acids is 1. The van der Waals surface area contributed by atoms with Gasteiger partial charge in [0, 0.05) is 11.0 Å². The van der Waals surface area contributed by atoms with Gasteiger partial charge in [-0.3, -0.25) is 4.79 Å². The van der Waals surface area contributed by atoms with Crippen molar-refractivity contribution in [1.29, 1.82) is 0 Å². The van der Waals surface area contributed by atoms with Gasteiger partial charge >= 0.3 is 5.97 Å². The van der Waals surface area contributed by atoms with Crippen molar-refractivity contribution in [1.82, 2.24) is 4.90 Å². The number of halogens is 1. The molecule has 2 aromatic rings. The number of β-amino-alcohol motifs (C(OH)–C–C–N with tert-alkyl or cyclic N) is 1. The van der Waals surface area contributed by atoms with Crippen molar-refractivity contribution in [3.05, 3.63) is 40.9 Å². The second-order valence-electron chi connectivity index (χ2n) is 6.95. The van der Waals surface area contributed by atoms with Crippen molar-refractivity contribution >= 4 is 32.7 Å². The summed E-state index contributed by atoms with van der Waals surface area (Å²) in [5.41, 5.74) is 0. The van der Waals surface area contributed by atoms with E-state index in [1.165, 1.54) is 0 Å². The first kappa shape index (κ1) is 20.1. The first-order valence-electron chi connectivity index (χ1n) is 9.44. The van der Waals surface area contributed by atoms with Gasteiger partial charge in [-0.15, -0.1) is 0 Å². The molecule has 0 radical (unpaired) electrons. The summed E-state index contributed by atoms with van der Waals surface area (Å²) in [5.74, 6) is 0.654. The van der Waals surface area contributed by atoms with Crippen molar-refractivity contribution in [2.75, 3.05) is 32.8 Å². The second kappa shape index (κ2) is 9.53. The predicted molar refractivity (Wildman–Crippen MR) is 109 cm³/mol. The number of aliphatic hydroxyl groups is 1. The van der Waals surface area contributed by atoms with Crippen LogP contribution in [0.3, 0.4) is 0 Å². The van der Waals surface area contributed by atoms with Crippen LogP contribution in [0.4, 0.5) is 0 Å². The highest BCUT2D eigenvalue weighted by molar-refractivity contribution is 9.10. The van der Waals surface area contributed by atoms with E-state index in [4.69, 9.17) is 9.47 Å². The number of hydrogen-bond donors (Lipinski definition) is 1. The number of likely N-dealkylation sites (tertiary alicyclic amines) is 1. The van der Waals surface area contributed by atoms with Gasteiger partial charge < -0.3 is 19.5 Å². The molecule has 1 heterocycles. The van der Waals surface area contributed by atoms with E-state index < -0.39 is 6.10 Å². The molecule has 0 bridgehead atoms. The van der Waals surface area contributed by atoms with Crippen molar-refractivity contribution in [2.24, 2.45) is 5.92 Å². The molecule has 0 spiro atoms. The Labute approximate surface area is 168 Å². The maximum absolute atomic E-state index is 11.8. The number of fused-ring (bicyclic) bond motifs is 1. The quantitative estimate of drug-likeness (QED) is 0.672. The number of carbonyl (C=O) groups is 1. The lowest BCUT2D eigenvalue weighted by molar-refractivity contribution is -0.149. The lowest BCUT2D eigenvalue weighted by Crippen LogP contribution is -2.42. The average molecular weight is 436 g/mol. The van der Waals surface area contributed by atoms with Crippen LogP contribution in [0, 0.1) is 5.92 Å². The minimum absolute atomic E-state index is 0.00720. The second-order valence-corrected chi connectivity index (χ2v) is 7.86. The molecule has 0 amide bonds. The van der Waals surface area contributed by atoms with E-state index in [0.717, 1.165) is 46.9 Å². The Kier molecular flexibility index (Phi) is 7.10. The molecular weight excluding hydrogens is 410 g/mol. The first-order chi connectivity index (χ1) is 13.0. The van der Waals surface area contributed by atoms with Gasteiger partial charge in [0.1, 0.15) is 18.5 Å². The lowest BCUT2D eigenvalue weighted by atomic mass is 9.97. The number of rotatable bonds is 7. The number of ether oxygens (including phenoxy) is 2. The third kappa shape index (κ3) is 5.67. The van der Waals surface area contributed by atoms with Gasteiger partial charge in [0.25, 0.3) is 0 Å². The summed E-state index contributed by atoms with van der Waals surface area (Å²) in [6.07, 6.45) is 1.00. The summed E-state index contributed by atoms with van der Waals surface area (Å²) in [5, 5.41) is 12.6. The van der Waals surface area contributed by atoms with E-state index in [1.807, 2.05) is 37.3 Å². The number of nitrogens with zero attached hydrogens (tertiary/aromatic N) is 1. The number of aliphatic hydroxyl groups excluding tert-OH is 1. The molecule has 0 saturated carbocycles. The maximum atomic E-state index is 11.8. The number of esters is 1. The number of benzene rings is 2. The molecule has 0 aliphatic carbocycles. The largest absolute Gasteiger partial charge is 0.491 e. The molecule has 0 unspecified atom stereocenters. The third-order valence-corrected chi connectivity index (χ3v) is 5.39. The van der Waals surface area contributed by atoms with Crippen molar-refractivity contribution < 1.29 is 19.4 Å². The Morgan fingerprint density at radius 1 is 1.22 bits per heavy atom. The molecular formula is C21H26BrNO4. The number of hydrogen-bond acceptors (Lipinski definition) is 5. The lowest BCUT2D eigenvalue weighted by Gasteiger charge is -2.32. The Balaban J connectivity index is 1.44. The highest BCUT2D eigenvalue weighted by Gasteiger charge is 2.26. The molecule has 1 N–H and O–H groups in total. The maximum Gasteiger partial charge on any atom is 0.309 e. The molecule has 27 heavy (non-hydrogen) atoms. The fourth-order valence-electron chi connectivity index (χ4n) is 3.44. The Morgan fingerprint density at radius 3 is 2.67 bits per heavy atom. The van der Waals surface area contributed by atoms with Gasteiger partial charge in [0.05, 0.1) is 12.5 Å². The molecule has 1 aliphatic rings. The summed E-state index contributed by atoms with van der Waals surface area (Å²) >= 11 is 3.47. The monoisotopic (exact) mass is 435 g/mol. The van der Waals surface area contributed by atoms with Gasteiger partial charge in [-0.25, -0.2) is 0 Å². The molecule has 6 heteroatoms. The number of piperidine rings is 1. The molecule has 0 aromatic heterocycles. The summed E-state index contributed by atoms with van der Waals surface area (Å²) in [6.45, 7) is 4.66. The average Bonchev–Trinajstić information content (AvgIpc) is 2.67. The van der Waals surface area contributed by atoms with Gasteiger partial charge in [-0.2, -0.15) is 0 Å². The highest BCUT2D eigenvalue weighted by Crippen LogP contribution is 2.24. The van der Waals surface area contributed by atoms with E-state index in [-0.39, 0.29) is 18.5 Å². The van der Waals surface area contributed by atoms with Crippen molar-refractivity contribution in [3.63, 3.8) is 0 Å². The van der Waals surface area contributed by atoms with Crippen LogP contribution < -0.4 is 4.74 Å². The van der Waals surface area contributed by atoms with Crippen LogP contribution in [0.25, 0.3) is 10.8 Å². The van der Waals surface area contributed by atoms with Gasteiger partial charge in [-0.05, 0) is 67.9 Å². The fraction of sp³-hybridized carbons (Fsp3) is 0.476.